The second kappa shape index (κ2) is 12.7. The number of methoxy groups -OCH3 is 1. The summed E-state index contributed by atoms with van der Waals surface area (Å²) in [7, 11) is 1.52. The van der Waals surface area contributed by atoms with Crippen LogP contribution in [-0.4, -0.2) is 54.6 Å². The van der Waals surface area contributed by atoms with Gasteiger partial charge in [0.2, 0.25) is 5.91 Å². The molecule has 196 valence electrons. The highest BCUT2D eigenvalue weighted by Gasteiger charge is 2.45. The largest absolute Gasteiger partial charge is 0.471 e. The zero-order chi connectivity index (χ0) is 26.4. The fourth-order valence-electron chi connectivity index (χ4n) is 4.83. The van der Waals surface area contributed by atoms with E-state index in [9.17, 15) is 9.90 Å². The van der Waals surface area contributed by atoms with Gasteiger partial charge in [-0.1, -0.05) is 66.3 Å². The molecule has 0 aliphatic carbocycles. The standard InChI is InChI=1S/C29H45NO5/c1-11-25(31)29-26(14-27(32)30(29)15-20(8)34-16-33-10)35-21(9)28-23(18(4)5)12-22(17(2)3)13-24(28)19(6)7/h11-13,17-19,21,25-26,29,31H,1,8,14-16H2,2-7,9-10H3/t21-,25+,26+,29+/m1/s1. The van der Waals surface area contributed by atoms with Gasteiger partial charge in [0, 0.05) is 7.11 Å². The van der Waals surface area contributed by atoms with Crippen LogP contribution in [0.3, 0.4) is 0 Å². The quantitative estimate of drug-likeness (QED) is 0.217. The van der Waals surface area contributed by atoms with E-state index < -0.39 is 18.2 Å². The smallest absolute Gasteiger partial charge is 0.226 e. The van der Waals surface area contributed by atoms with E-state index in [0.717, 1.165) is 0 Å². The first-order valence-electron chi connectivity index (χ1n) is 12.6. The van der Waals surface area contributed by atoms with Crippen LogP contribution in [0.25, 0.3) is 0 Å². The van der Waals surface area contributed by atoms with Crippen LogP contribution in [0, 0.1) is 0 Å². The highest BCUT2D eigenvalue weighted by atomic mass is 16.7. The minimum atomic E-state index is -0.939. The number of ether oxygens (including phenoxy) is 3. The van der Waals surface area contributed by atoms with E-state index in [1.165, 1.54) is 35.4 Å². The van der Waals surface area contributed by atoms with Gasteiger partial charge in [0.05, 0.1) is 37.3 Å². The van der Waals surface area contributed by atoms with E-state index >= 15 is 0 Å². The molecule has 0 saturated carbocycles. The molecule has 1 aromatic carbocycles. The SMILES string of the molecule is C=C[C@H](O)[C@H]1[C@@H](O[C@H](C)c2c(C(C)C)cc(C(C)C)cc2C(C)C)CC(=O)N1CC(=C)OCOC. The lowest BCUT2D eigenvalue weighted by Gasteiger charge is -2.33. The van der Waals surface area contributed by atoms with Crippen LogP contribution >= 0.6 is 0 Å². The minimum absolute atomic E-state index is 0.0504. The van der Waals surface area contributed by atoms with Gasteiger partial charge in [0.25, 0.3) is 0 Å². The molecule has 6 nitrogen and oxygen atoms in total. The molecule has 4 atom stereocenters. The number of hydrogen-bond donors (Lipinski definition) is 1. The first-order chi connectivity index (χ1) is 16.4. The molecular formula is C29H45NO5. The van der Waals surface area contributed by atoms with Crippen molar-refractivity contribution < 1.29 is 24.1 Å². The summed E-state index contributed by atoms with van der Waals surface area (Å²) in [6, 6.07) is 4.02. The van der Waals surface area contributed by atoms with Crippen molar-refractivity contribution in [2.24, 2.45) is 0 Å². The molecule has 1 fully saturated rings. The summed E-state index contributed by atoms with van der Waals surface area (Å²) in [6.45, 7) is 23.1. The van der Waals surface area contributed by atoms with Gasteiger partial charge < -0.3 is 24.2 Å². The number of amides is 1. The maximum Gasteiger partial charge on any atom is 0.226 e. The summed E-state index contributed by atoms with van der Waals surface area (Å²) in [6.07, 6.45) is -0.0598. The van der Waals surface area contributed by atoms with Crippen molar-refractivity contribution in [3.8, 4) is 0 Å². The Morgan fingerprint density at radius 2 is 1.69 bits per heavy atom. The van der Waals surface area contributed by atoms with E-state index in [2.05, 4.69) is 66.8 Å². The number of carbonyl (C=O) groups excluding carboxylic acids is 1. The Balaban J connectivity index is 2.41. The van der Waals surface area contributed by atoms with Gasteiger partial charge in [-0.15, -0.1) is 6.58 Å². The van der Waals surface area contributed by atoms with Gasteiger partial charge in [-0.2, -0.15) is 0 Å². The molecule has 1 aliphatic heterocycles. The monoisotopic (exact) mass is 487 g/mol. The van der Waals surface area contributed by atoms with Crippen LogP contribution in [0.5, 0.6) is 0 Å². The number of rotatable bonds is 13. The van der Waals surface area contributed by atoms with E-state index in [0.29, 0.717) is 23.5 Å². The Morgan fingerprint density at radius 1 is 1.11 bits per heavy atom. The highest BCUT2D eigenvalue weighted by Crippen LogP contribution is 2.39. The lowest BCUT2D eigenvalue weighted by atomic mass is 9.82. The number of likely N-dealkylation sites (tertiary alicyclic amines) is 1. The molecule has 1 saturated heterocycles. The summed E-state index contributed by atoms with van der Waals surface area (Å²) in [5, 5.41) is 10.8. The van der Waals surface area contributed by atoms with Crippen molar-refractivity contribution in [1.29, 1.82) is 0 Å². The molecule has 0 unspecified atom stereocenters. The Hall–Kier alpha value is -2.15. The van der Waals surface area contributed by atoms with Crippen LogP contribution in [0.1, 0.15) is 101 Å². The van der Waals surface area contributed by atoms with E-state index in [-0.39, 0.29) is 31.8 Å². The number of aliphatic hydroxyl groups is 1. The Morgan fingerprint density at radius 3 is 2.14 bits per heavy atom. The first-order valence-corrected chi connectivity index (χ1v) is 12.6. The zero-order valence-corrected chi connectivity index (χ0v) is 22.8. The van der Waals surface area contributed by atoms with Gasteiger partial charge in [0.1, 0.15) is 5.76 Å². The number of aliphatic hydroxyl groups excluding tert-OH is 1. The summed E-state index contributed by atoms with van der Waals surface area (Å²) >= 11 is 0. The molecule has 1 aliphatic rings. The molecule has 1 heterocycles. The highest BCUT2D eigenvalue weighted by molar-refractivity contribution is 5.80. The molecule has 2 rings (SSSR count). The predicted molar refractivity (Wildman–Crippen MR) is 140 cm³/mol. The van der Waals surface area contributed by atoms with Crippen LogP contribution in [-0.2, 0) is 19.0 Å². The van der Waals surface area contributed by atoms with Crippen LogP contribution in [0.4, 0.5) is 0 Å². The van der Waals surface area contributed by atoms with Crippen molar-refractivity contribution in [2.45, 2.75) is 97.0 Å². The van der Waals surface area contributed by atoms with Gasteiger partial charge in [-0.3, -0.25) is 4.79 Å². The van der Waals surface area contributed by atoms with E-state index in [4.69, 9.17) is 14.2 Å². The van der Waals surface area contributed by atoms with Crippen molar-refractivity contribution in [3.05, 3.63) is 59.4 Å². The van der Waals surface area contributed by atoms with Crippen molar-refractivity contribution in [1.82, 2.24) is 4.90 Å². The lowest BCUT2D eigenvalue weighted by Crippen LogP contribution is -2.46. The maximum atomic E-state index is 13.0. The fraction of sp³-hybridized carbons (Fsp3) is 0.621. The molecule has 1 amide bonds. The van der Waals surface area contributed by atoms with Crippen molar-refractivity contribution in [2.75, 3.05) is 20.4 Å². The topological polar surface area (TPSA) is 68.2 Å². The second-order valence-electron chi connectivity index (χ2n) is 10.4. The van der Waals surface area contributed by atoms with Gasteiger partial charge in [-0.25, -0.2) is 0 Å². The summed E-state index contributed by atoms with van der Waals surface area (Å²) < 4.78 is 16.9. The first kappa shape index (κ1) is 29.1. The third-order valence-corrected chi connectivity index (χ3v) is 6.72. The summed E-state index contributed by atoms with van der Waals surface area (Å²) in [4.78, 5) is 14.6. The number of benzene rings is 1. The number of hydrogen-bond acceptors (Lipinski definition) is 5. The van der Waals surface area contributed by atoms with E-state index in [1.54, 1.807) is 4.90 Å². The normalized spacial score (nSPS) is 20.1. The molecule has 35 heavy (non-hydrogen) atoms. The fourth-order valence-corrected chi connectivity index (χ4v) is 4.83. The van der Waals surface area contributed by atoms with Crippen molar-refractivity contribution in [3.63, 3.8) is 0 Å². The molecule has 0 aromatic heterocycles. The molecule has 0 spiro atoms. The lowest BCUT2D eigenvalue weighted by molar-refractivity contribution is -0.130. The van der Waals surface area contributed by atoms with Gasteiger partial charge in [-0.05, 0) is 46.9 Å². The molecule has 1 aromatic rings. The average molecular weight is 488 g/mol. The van der Waals surface area contributed by atoms with Crippen LogP contribution < -0.4 is 0 Å². The Labute approximate surface area is 211 Å². The third-order valence-electron chi connectivity index (χ3n) is 6.72. The minimum Gasteiger partial charge on any atom is -0.471 e. The second-order valence-corrected chi connectivity index (χ2v) is 10.4. The van der Waals surface area contributed by atoms with Gasteiger partial charge >= 0.3 is 0 Å². The van der Waals surface area contributed by atoms with Crippen molar-refractivity contribution >= 4 is 5.91 Å². The molecular weight excluding hydrogens is 442 g/mol. The molecule has 0 bridgehead atoms. The molecule has 6 heteroatoms. The molecule has 1 N–H and O–H groups in total. The van der Waals surface area contributed by atoms with Gasteiger partial charge in [0.15, 0.2) is 6.79 Å². The maximum absolute atomic E-state index is 13.0. The zero-order valence-electron chi connectivity index (χ0n) is 22.8. The Bertz CT molecular complexity index is 862. The molecule has 0 radical (unpaired) electrons. The average Bonchev–Trinajstić information content (AvgIpc) is 3.09. The summed E-state index contributed by atoms with van der Waals surface area (Å²) in [5.41, 5.74) is 5.06. The van der Waals surface area contributed by atoms with Crippen LogP contribution in [0.2, 0.25) is 0 Å². The van der Waals surface area contributed by atoms with Crippen LogP contribution in [0.15, 0.2) is 37.1 Å². The number of nitrogens with zero attached hydrogens (tertiary/aromatic N) is 1. The third kappa shape index (κ3) is 6.96. The number of carbonyl (C=O) groups is 1. The summed E-state index contributed by atoms with van der Waals surface area (Å²) in [5.74, 6) is 1.36. The Kier molecular flexibility index (Phi) is 10.6. The van der Waals surface area contributed by atoms with E-state index in [1.807, 2.05) is 6.92 Å². The predicted octanol–water partition coefficient (Wildman–Crippen LogP) is 5.79.